The molecule has 0 heterocycles. The molecule has 0 aliphatic heterocycles. The van der Waals surface area contributed by atoms with Crippen LogP contribution in [0.2, 0.25) is 0 Å². The number of nitrogens with two attached hydrogens (primary N) is 1. The molecule has 0 radical (unpaired) electrons. The highest BCUT2D eigenvalue weighted by Gasteiger charge is 2.16. The molecule has 0 bridgehead atoms. The summed E-state index contributed by atoms with van der Waals surface area (Å²) in [5.74, 6) is 0. The molecule has 3 nitrogen and oxygen atoms in total. The smallest absolute Gasteiger partial charge is 0.293 e. The topological polar surface area (TPSA) is 52.3 Å². The molecule has 2 atom stereocenters. The lowest BCUT2D eigenvalue weighted by Crippen LogP contribution is -2.18. The van der Waals surface area contributed by atoms with Crippen LogP contribution in [0.3, 0.4) is 0 Å². The minimum atomic E-state index is 0.126. The maximum Gasteiger partial charge on any atom is 0.293 e. The third-order valence-electron chi connectivity index (χ3n) is 2.21. The molecule has 0 aromatic heterocycles. The lowest BCUT2D eigenvalue weighted by molar-refractivity contribution is -0.134. The fraction of sp³-hybridized carbons (Fsp3) is 0.875. The van der Waals surface area contributed by atoms with Crippen LogP contribution in [0.4, 0.5) is 0 Å². The predicted molar refractivity (Wildman–Crippen MR) is 42.0 cm³/mol. The Hall–Kier alpha value is -0.570. The average molecular weight is 157 g/mol. The third kappa shape index (κ3) is 2.89. The molecule has 0 saturated heterocycles. The van der Waals surface area contributed by atoms with Gasteiger partial charge in [0.05, 0.1) is 0 Å². The summed E-state index contributed by atoms with van der Waals surface area (Å²) in [6, 6.07) is 0.315. The SMILES string of the molecule is NC1CCCC(OC=O)CC1. The first-order valence-corrected chi connectivity index (χ1v) is 4.17. The molecule has 1 aliphatic carbocycles. The first-order chi connectivity index (χ1) is 5.33. The minimum Gasteiger partial charge on any atom is -0.465 e. The average Bonchev–Trinajstić information content (AvgIpc) is 2.17. The van der Waals surface area contributed by atoms with Crippen LogP contribution in [0.1, 0.15) is 32.1 Å². The van der Waals surface area contributed by atoms with Gasteiger partial charge in [0.2, 0.25) is 0 Å². The van der Waals surface area contributed by atoms with Crippen molar-refractivity contribution in [2.24, 2.45) is 5.73 Å². The molecule has 1 fully saturated rings. The van der Waals surface area contributed by atoms with Crippen molar-refractivity contribution in [1.82, 2.24) is 0 Å². The van der Waals surface area contributed by atoms with Gasteiger partial charge in [-0.2, -0.15) is 0 Å². The molecular weight excluding hydrogens is 142 g/mol. The molecular formula is C8H15NO2. The van der Waals surface area contributed by atoms with Crippen LogP contribution in [0.15, 0.2) is 0 Å². The van der Waals surface area contributed by atoms with Gasteiger partial charge in [-0.25, -0.2) is 0 Å². The second kappa shape index (κ2) is 4.34. The largest absolute Gasteiger partial charge is 0.465 e. The van der Waals surface area contributed by atoms with Crippen LogP contribution in [0.25, 0.3) is 0 Å². The molecule has 3 heteroatoms. The monoisotopic (exact) mass is 157 g/mol. The first kappa shape index (κ1) is 8.53. The summed E-state index contributed by atoms with van der Waals surface area (Å²) in [5.41, 5.74) is 5.75. The highest BCUT2D eigenvalue weighted by molar-refractivity contribution is 5.37. The van der Waals surface area contributed by atoms with E-state index in [1.807, 2.05) is 0 Å². The lowest BCUT2D eigenvalue weighted by Gasteiger charge is -2.10. The van der Waals surface area contributed by atoms with E-state index in [4.69, 9.17) is 10.5 Å². The van der Waals surface area contributed by atoms with Crippen molar-refractivity contribution < 1.29 is 9.53 Å². The molecule has 64 valence electrons. The van der Waals surface area contributed by atoms with E-state index in [1.54, 1.807) is 0 Å². The maximum absolute atomic E-state index is 10.0. The molecule has 0 aromatic rings. The molecule has 0 amide bonds. The Labute approximate surface area is 66.9 Å². The molecule has 1 aliphatic rings. The van der Waals surface area contributed by atoms with Gasteiger partial charge >= 0.3 is 0 Å². The number of carbonyl (C=O) groups is 1. The van der Waals surface area contributed by atoms with Gasteiger partial charge in [-0.15, -0.1) is 0 Å². The maximum atomic E-state index is 10.0. The van der Waals surface area contributed by atoms with Crippen LogP contribution in [0, 0.1) is 0 Å². The fourth-order valence-corrected chi connectivity index (χ4v) is 1.51. The molecule has 11 heavy (non-hydrogen) atoms. The van der Waals surface area contributed by atoms with Gasteiger partial charge in [-0.3, -0.25) is 4.79 Å². The number of hydrogen-bond donors (Lipinski definition) is 1. The molecule has 1 rings (SSSR count). The zero-order chi connectivity index (χ0) is 8.10. The van der Waals surface area contributed by atoms with E-state index in [1.165, 1.54) is 0 Å². The van der Waals surface area contributed by atoms with Crippen LogP contribution >= 0.6 is 0 Å². The van der Waals surface area contributed by atoms with Gasteiger partial charge < -0.3 is 10.5 Å². The van der Waals surface area contributed by atoms with Crippen molar-refractivity contribution in [3.63, 3.8) is 0 Å². The number of ether oxygens (including phenoxy) is 1. The van der Waals surface area contributed by atoms with Crippen LogP contribution in [0.5, 0.6) is 0 Å². The minimum absolute atomic E-state index is 0.126. The third-order valence-corrected chi connectivity index (χ3v) is 2.21. The Balaban J connectivity index is 2.27. The van der Waals surface area contributed by atoms with Gasteiger partial charge in [0.25, 0.3) is 6.47 Å². The summed E-state index contributed by atoms with van der Waals surface area (Å²) in [7, 11) is 0. The number of rotatable bonds is 2. The van der Waals surface area contributed by atoms with E-state index in [2.05, 4.69) is 0 Å². The fourth-order valence-electron chi connectivity index (χ4n) is 1.51. The van der Waals surface area contributed by atoms with Crippen molar-refractivity contribution >= 4 is 6.47 Å². The van der Waals surface area contributed by atoms with Crippen molar-refractivity contribution in [3.05, 3.63) is 0 Å². The lowest BCUT2D eigenvalue weighted by atomic mass is 10.1. The zero-order valence-corrected chi connectivity index (χ0v) is 6.66. The second-order valence-corrected chi connectivity index (χ2v) is 3.12. The number of carbonyl (C=O) groups excluding carboxylic acids is 1. The Kier molecular flexibility index (Phi) is 3.36. The van der Waals surface area contributed by atoms with Gasteiger partial charge in [0.15, 0.2) is 0 Å². The van der Waals surface area contributed by atoms with E-state index in [0.717, 1.165) is 32.1 Å². The Morgan fingerprint density at radius 3 is 2.82 bits per heavy atom. The van der Waals surface area contributed by atoms with E-state index in [-0.39, 0.29) is 6.10 Å². The Morgan fingerprint density at radius 2 is 2.09 bits per heavy atom. The van der Waals surface area contributed by atoms with Crippen molar-refractivity contribution in [1.29, 1.82) is 0 Å². The molecule has 1 saturated carbocycles. The summed E-state index contributed by atoms with van der Waals surface area (Å²) < 4.78 is 4.88. The highest BCUT2D eigenvalue weighted by Crippen LogP contribution is 2.18. The number of hydrogen-bond acceptors (Lipinski definition) is 3. The second-order valence-electron chi connectivity index (χ2n) is 3.12. The van der Waals surface area contributed by atoms with Crippen LogP contribution < -0.4 is 5.73 Å². The Morgan fingerprint density at radius 1 is 1.27 bits per heavy atom. The van der Waals surface area contributed by atoms with E-state index in [9.17, 15) is 4.79 Å². The van der Waals surface area contributed by atoms with Gasteiger partial charge in [-0.05, 0) is 32.1 Å². The Bertz CT molecular complexity index is 127. The summed E-state index contributed by atoms with van der Waals surface area (Å²) >= 11 is 0. The normalized spacial score (nSPS) is 32.5. The van der Waals surface area contributed by atoms with Crippen LogP contribution in [-0.4, -0.2) is 18.6 Å². The quantitative estimate of drug-likeness (QED) is 0.477. The highest BCUT2D eigenvalue weighted by atomic mass is 16.5. The first-order valence-electron chi connectivity index (χ1n) is 4.17. The molecule has 2 unspecified atom stereocenters. The summed E-state index contributed by atoms with van der Waals surface area (Å²) in [4.78, 5) is 10.0. The molecule has 0 aromatic carbocycles. The van der Waals surface area contributed by atoms with Gasteiger partial charge in [0, 0.05) is 6.04 Å². The van der Waals surface area contributed by atoms with Crippen molar-refractivity contribution in [2.75, 3.05) is 0 Å². The van der Waals surface area contributed by atoms with Crippen molar-refractivity contribution in [2.45, 2.75) is 44.2 Å². The standard InChI is InChI=1S/C8H15NO2/c9-7-2-1-3-8(5-4-7)11-6-10/h6-8H,1-5,9H2. The molecule has 2 N–H and O–H groups in total. The molecule has 0 spiro atoms. The van der Waals surface area contributed by atoms with Gasteiger partial charge in [0.1, 0.15) is 6.10 Å². The predicted octanol–water partition coefficient (Wildman–Crippen LogP) is 0.819. The van der Waals surface area contributed by atoms with Crippen molar-refractivity contribution in [3.8, 4) is 0 Å². The van der Waals surface area contributed by atoms with E-state index >= 15 is 0 Å². The summed E-state index contributed by atoms with van der Waals surface area (Å²) in [6.45, 7) is 0.543. The summed E-state index contributed by atoms with van der Waals surface area (Å²) in [6.07, 6.45) is 5.17. The van der Waals surface area contributed by atoms with E-state index in [0.29, 0.717) is 12.5 Å². The zero-order valence-electron chi connectivity index (χ0n) is 6.66. The summed E-state index contributed by atoms with van der Waals surface area (Å²) in [5, 5.41) is 0. The van der Waals surface area contributed by atoms with Crippen LogP contribution in [-0.2, 0) is 9.53 Å². The van der Waals surface area contributed by atoms with E-state index < -0.39 is 0 Å². The van der Waals surface area contributed by atoms with Gasteiger partial charge in [-0.1, -0.05) is 0 Å².